The lowest BCUT2D eigenvalue weighted by Gasteiger charge is -2.34. The van der Waals surface area contributed by atoms with Crippen molar-refractivity contribution in [1.29, 1.82) is 0 Å². The minimum Gasteiger partial charge on any atom is -0.443 e. The number of amides is 4. The van der Waals surface area contributed by atoms with Crippen LogP contribution in [0.2, 0.25) is 0 Å². The molecule has 1 aromatic rings. The zero-order chi connectivity index (χ0) is 25.6. The Balaban J connectivity index is 3.39. The van der Waals surface area contributed by atoms with Gasteiger partial charge in [-0.05, 0) is 67.9 Å². The van der Waals surface area contributed by atoms with Crippen LogP contribution in [0.1, 0.15) is 67.9 Å². The van der Waals surface area contributed by atoms with Crippen molar-refractivity contribution >= 4 is 24.4 Å². The third-order valence-electron chi connectivity index (χ3n) is 3.28. The first-order chi connectivity index (χ1) is 14.9. The van der Waals surface area contributed by atoms with Crippen LogP contribution in [0.15, 0.2) is 30.3 Å². The zero-order valence-corrected chi connectivity index (χ0v) is 20.8. The Morgan fingerprint density at radius 1 is 0.606 bits per heavy atom. The molecule has 0 saturated carbocycles. The molecule has 0 N–H and O–H groups in total. The predicted octanol–water partition coefficient (Wildman–Crippen LogP) is 5.65. The van der Waals surface area contributed by atoms with Gasteiger partial charge in [-0.25, -0.2) is 19.2 Å². The van der Waals surface area contributed by atoms with E-state index in [0.717, 1.165) is 0 Å². The molecule has 0 atom stereocenters. The van der Waals surface area contributed by atoms with Gasteiger partial charge in [-0.3, -0.25) is 0 Å². The molecule has 0 radical (unpaired) electrons. The van der Waals surface area contributed by atoms with Gasteiger partial charge in [0.2, 0.25) is 0 Å². The topological polar surface area (TPSA) is 112 Å². The first kappa shape index (κ1) is 27.7. The standard InChI is InChI=1S/C23H34N2O8/c1-21(2,3)31-18(27)24(17(26)30-15-16-13-11-10-12-14-16)25(19(28)32-22(4,5)6)20(29)33-23(7,8)9/h10-14H,15H2,1-9H3. The van der Waals surface area contributed by atoms with Gasteiger partial charge in [-0.2, -0.15) is 0 Å². The number of hydrazine groups is 1. The van der Waals surface area contributed by atoms with Crippen LogP contribution in [0, 0.1) is 0 Å². The fraction of sp³-hybridized carbons (Fsp3) is 0.565. The third kappa shape index (κ3) is 10.2. The van der Waals surface area contributed by atoms with E-state index in [0.29, 0.717) is 5.56 Å². The molecule has 0 unspecified atom stereocenters. The Hall–Kier alpha value is -3.30. The Labute approximate surface area is 194 Å². The molecule has 0 aromatic heterocycles. The summed E-state index contributed by atoms with van der Waals surface area (Å²) >= 11 is 0. The van der Waals surface area contributed by atoms with Crippen molar-refractivity contribution in [3.63, 3.8) is 0 Å². The maximum absolute atomic E-state index is 13.0. The first-order valence-electron chi connectivity index (χ1n) is 10.4. The van der Waals surface area contributed by atoms with E-state index in [1.807, 2.05) is 0 Å². The minimum atomic E-state index is -1.33. The molecular weight excluding hydrogens is 432 g/mol. The maximum atomic E-state index is 13.0. The molecule has 0 spiro atoms. The fourth-order valence-corrected chi connectivity index (χ4v) is 2.17. The van der Waals surface area contributed by atoms with Crippen molar-refractivity contribution in [2.45, 2.75) is 85.7 Å². The predicted molar refractivity (Wildman–Crippen MR) is 119 cm³/mol. The molecule has 10 nitrogen and oxygen atoms in total. The van der Waals surface area contributed by atoms with Gasteiger partial charge in [0.25, 0.3) is 0 Å². The average Bonchev–Trinajstić information content (AvgIpc) is 2.60. The van der Waals surface area contributed by atoms with Gasteiger partial charge in [-0.15, -0.1) is 0 Å². The van der Waals surface area contributed by atoms with Crippen LogP contribution in [-0.2, 0) is 25.6 Å². The first-order valence-corrected chi connectivity index (χ1v) is 10.4. The van der Waals surface area contributed by atoms with Crippen molar-refractivity contribution in [2.75, 3.05) is 0 Å². The number of hydrogen-bond donors (Lipinski definition) is 0. The molecule has 0 fully saturated rings. The van der Waals surface area contributed by atoms with Gasteiger partial charge in [0.15, 0.2) is 0 Å². The van der Waals surface area contributed by atoms with E-state index in [2.05, 4.69) is 0 Å². The van der Waals surface area contributed by atoms with E-state index in [1.165, 1.54) is 0 Å². The lowest BCUT2D eigenvalue weighted by molar-refractivity contribution is -0.0654. The van der Waals surface area contributed by atoms with Crippen LogP contribution in [0.4, 0.5) is 19.2 Å². The summed E-state index contributed by atoms with van der Waals surface area (Å²) in [5.74, 6) is 0. The number of ether oxygens (including phenoxy) is 4. The molecule has 184 valence electrons. The summed E-state index contributed by atoms with van der Waals surface area (Å²) in [5, 5.41) is 0.272. The molecule has 0 bridgehead atoms. The molecule has 10 heteroatoms. The summed E-state index contributed by atoms with van der Waals surface area (Å²) in [5.41, 5.74) is -2.53. The van der Waals surface area contributed by atoms with Crippen LogP contribution >= 0.6 is 0 Å². The van der Waals surface area contributed by atoms with Gasteiger partial charge in [0.05, 0.1) is 0 Å². The third-order valence-corrected chi connectivity index (χ3v) is 3.28. The molecule has 0 aliphatic rings. The summed E-state index contributed by atoms with van der Waals surface area (Å²) in [6, 6.07) is 8.66. The van der Waals surface area contributed by atoms with E-state index >= 15 is 0 Å². The monoisotopic (exact) mass is 466 g/mol. The minimum absolute atomic E-state index is 0.135. The molecule has 0 heterocycles. The Bertz CT molecular complexity index is 820. The van der Waals surface area contributed by atoms with Gasteiger partial charge in [-0.1, -0.05) is 40.3 Å². The highest BCUT2D eigenvalue weighted by Gasteiger charge is 2.44. The van der Waals surface area contributed by atoms with Gasteiger partial charge < -0.3 is 18.9 Å². The number of benzene rings is 1. The van der Waals surface area contributed by atoms with Crippen molar-refractivity contribution in [1.82, 2.24) is 10.0 Å². The number of carbonyl (C=O) groups excluding carboxylic acids is 4. The Morgan fingerprint density at radius 2 is 0.939 bits per heavy atom. The van der Waals surface area contributed by atoms with Crippen LogP contribution in [-0.4, -0.2) is 51.2 Å². The number of rotatable bonds is 2. The second kappa shape index (κ2) is 10.5. The van der Waals surface area contributed by atoms with E-state index in [-0.39, 0.29) is 16.6 Å². The quantitative estimate of drug-likeness (QED) is 0.406. The van der Waals surface area contributed by atoms with Crippen molar-refractivity contribution in [2.24, 2.45) is 0 Å². The lowest BCUT2D eigenvalue weighted by atomic mass is 10.2. The lowest BCUT2D eigenvalue weighted by Crippen LogP contribution is -2.58. The number of hydrogen-bond acceptors (Lipinski definition) is 8. The van der Waals surface area contributed by atoms with Crippen molar-refractivity contribution in [3.05, 3.63) is 35.9 Å². The second-order valence-electron chi connectivity index (χ2n) is 10.1. The fourth-order valence-electron chi connectivity index (χ4n) is 2.17. The van der Waals surface area contributed by atoms with E-state index in [4.69, 9.17) is 18.9 Å². The largest absolute Gasteiger partial charge is 0.443 e. The highest BCUT2D eigenvalue weighted by Crippen LogP contribution is 2.20. The molecular formula is C23H34N2O8. The number of carbonyl (C=O) groups is 4. The Morgan fingerprint density at radius 3 is 1.27 bits per heavy atom. The summed E-state index contributed by atoms with van der Waals surface area (Å²) in [7, 11) is 0. The molecule has 0 aliphatic heterocycles. The van der Waals surface area contributed by atoms with Crippen LogP contribution in [0.5, 0.6) is 0 Å². The highest BCUT2D eigenvalue weighted by molar-refractivity contribution is 5.97. The van der Waals surface area contributed by atoms with Crippen molar-refractivity contribution < 1.29 is 38.1 Å². The van der Waals surface area contributed by atoms with E-state index in [9.17, 15) is 19.2 Å². The summed E-state index contributed by atoms with van der Waals surface area (Å²) in [4.78, 5) is 51.8. The van der Waals surface area contributed by atoms with Crippen LogP contribution in [0.25, 0.3) is 0 Å². The van der Waals surface area contributed by atoms with E-state index in [1.54, 1.807) is 92.6 Å². The van der Waals surface area contributed by atoms with Gasteiger partial charge >= 0.3 is 24.4 Å². The summed E-state index contributed by atoms with van der Waals surface area (Å²) < 4.78 is 20.9. The smallest absolute Gasteiger partial charge is 0.440 e. The Kier molecular flexibility index (Phi) is 8.86. The second-order valence-corrected chi connectivity index (χ2v) is 10.1. The number of imide groups is 2. The highest BCUT2D eigenvalue weighted by atomic mass is 16.6. The molecule has 0 aliphatic carbocycles. The molecule has 33 heavy (non-hydrogen) atoms. The summed E-state index contributed by atoms with van der Waals surface area (Å²) in [6.07, 6.45) is -5.29. The van der Waals surface area contributed by atoms with Crippen LogP contribution < -0.4 is 0 Å². The van der Waals surface area contributed by atoms with Gasteiger partial charge in [0.1, 0.15) is 23.4 Å². The van der Waals surface area contributed by atoms with E-state index < -0.39 is 41.2 Å². The molecule has 0 saturated heterocycles. The average molecular weight is 467 g/mol. The normalized spacial score (nSPS) is 11.8. The molecule has 4 amide bonds. The molecule has 1 aromatic carbocycles. The maximum Gasteiger partial charge on any atom is 0.440 e. The van der Waals surface area contributed by atoms with Crippen molar-refractivity contribution in [3.8, 4) is 0 Å². The molecule has 1 rings (SSSR count). The zero-order valence-electron chi connectivity index (χ0n) is 20.8. The summed E-state index contributed by atoms with van der Waals surface area (Å²) in [6.45, 7) is 13.8. The SMILES string of the molecule is CC(C)(C)OC(=O)N(C(=O)OCc1ccccc1)N(C(=O)OC(C)(C)C)C(=O)OC(C)(C)C. The van der Waals surface area contributed by atoms with Crippen LogP contribution in [0.3, 0.4) is 0 Å². The number of nitrogens with zero attached hydrogens (tertiary/aromatic N) is 2. The van der Waals surface area contributed by atoms with Gasteiger partial charge in [0, 0.05) is 0 Å².